The van der Waals surface area contributed by atoms with E-state index < -0.39 is 0 Å². The Balaban J connectivity index is 1.96. The molecule has 0 aromatic heterocycles. The predicted molar refractivity (Wildman–Crippen MR) is 142 cm³/mol. The smallest absolute Gasteiger partial charge is 0.203 e. The Hall–Kier alpha value is -3.65. The van der Waals surface area contributed by atoms with Gasteiger partial charge in [-0.3, -0.25) is 0 Å². The van der Waals surface area contributed by atoms with E-state index in [0.717, 1.165) is 33.9 Å². The van der Waals surface area contributed by atoms with Crippen LogP contribution in [0.1, 0.15) is 16.7 Å². The fourth-order valence-electron chi connectivity index (χ4n) is 3.74. The molecule has 0 saturated heterocycles. The lowest BCUT2D eigenvalue weighted by atomic mass is 10.1. The molecule has 0 aliphatic carbocycles. The van der Waals surface area contributed by atoms with Crippen LogP contribution in [-0.2, 0) is 13.1 Å². The molecule has 0 amide bonds. The maximum atomic E-state index is 5.87. The highest BCUT2D eigenvalue weighted by Crippen LogP contribution is 2.40. The minimum Gasteiger partial charge on any atom is -0.497 e. The van der Waals surface area contributed by atoms with Crippen molar-refractivity contribution < 1.29 is 23.7 Å². The van der Waals surface area contributed by atoms with Crippen LogP contribution >= 0.6 is 12.2 Å². The third-order valence-corrected chi connectivity index (χ3v) is 5.93. The van der Waals surface area contributed by atoms with E-state index in [0.29, 0.717) is 35.5 Å². The van der Waals surface area contributed by atoms with Gasteiger partial charge in [0.25, 0.3) is 0 Å². The molecule has 35 heavy (non-hydrogen) atoms. The summed E-state index contributed by atoms with van der Waals surface area (Å²) in [6.07, 6.45) is 0. The number of nitrogens with one attached hydrogen (secondary N) is 1. The monoisotopic (exact) mass is 496 g/mol. The van der Waals surface area contributed by atoms with Gasteiger partial charge in [0.1, 0.15) is 11.5 Å². The number of hydrogen-bond donors (Lipinski definition) is 1. The fraction of sp³-hybridized carbons (Fsp3) is 0.296. The molecular formula is C27H32N2O5S. The number of nitrogens with zero attached hydrogens (tertiary/aromatic N) is 1. The highest BCUT2D eigenvalue weighted by Gasteiger charge is 2.20. The van der Waals surface area contributed by atoms with Crippen LogP contribution in [0, 0.1) is 6.92 Å². The summed E-state index contributed by atoms with van der Waals surface area (Å²) in [6.45, 7) is 3.04. The van der Waals surface area contributed by atoms with Crippen molar-refractivity contribution in [1.82, 2.24) is 4.90 Å². The van der Waals surface area contributed by atoms with Crippen molar-refractivity contribution in [2.45, 2.75) is 20.0 Å². The third-order valence-electron chi connectivity index (χ3n) is 5.57. The molecule has 0 heterocycles. The van der Waals surface area contributed by atoms with Crippen LogP contribution in [0.5, 0.6) is 28.7 Å². The number of anilines is 1. The van der Waals surface area contributed by atoms with E-state index in [2.05, 4.69) is 10.2 Å². The van der Waals surface area contributed by atoms with E-state index in [9.17, 15) is 0 Å². The average molecular weight is 497 g/mol. The Morgan fingerprint density at radius 3 is 2.03 bits per heavy atom. The summed E-state index contributed by atoms with van der Waals surface area (Å²) in [7, 11) is 8.10. The average Bonchev–Trinajstić information content (AvgIpc) is 2.89. The van der Waals surface area contributed by atoms with Gasteiger partial charge >= 0.3 is 0 Å². The standard InChI is InChI=1S/C27H32N2O5S/c1-18-7-13-22(24(15-18)32-4)28-27(35)29(16-19-8-11-21(30-2)12-9-19)17-20-10-14-23(31-3)26(34-6)25(20)33-5/h7-15H,16-17H2,1-6H3,(H,28,35). The number of thiocarbonyl (C=S) groups is 1. The SMILES string of the molecule is COc1ccc(CN(Cc2ccc(OC)c(OC)c2OC)C(=S)Nc2ccc(C)cc2OC)cc1. The van der Waals surface area contributed by atoms with Crippen LogP contribution in [0.4, 0.5) is 5.69 Å². The molecule has 0 atom stereocenters. The first-order valence-electron chi connectivity index (χ1n) is 11.0. The van der Waals surface area contributed by atoms with Crippen molar-refractivity contribution in [2.75, 3.05) is 40.9 Å². The van der Waals surface area contributed by atoms with Crippen molar-refractivity contribution in [3.63, 3.8) is 0 Å². The molecule has 0 bridgehead atoms. The number of benzene rings is 3. The van der Waals surface area contributed by atoms with Gasteiger partial charge in [0.05, 0.1) is 41.2 Å². The molecule has 7 nitrogen and oxygen atoms in total. The van der Waals surface area contributed by atoms with Crippen molar-refractivity contribution in [2.24, 2.45) is 0 Å². The summed E-state index contributed by atoms with van der Waals surface area (Å²) in [5, 5.41) is 3.89. The highest BCUT2D eigenvalue weighted by molar-refractivity contribution is 7.80. The normalized spacial score (nSPS) is 10.3. The summed E-state index contributed by atoms with van der Waals surface area (Å²) >= 11 is 5.87. The molecule has 3 aromatic rings. The van der Waals surface area contributed by atoms with Gasteiger partial charge in [-0.05, 0) is 66.7 Å². The van der Waals surface area contributed by atoms with Crippen LogP contribution in [0.3, 0.4) is 0 Å². The molecule has 3 aromatic carbocycles. The summed E-state index contributed by atoms with van der Waals surface area (Å²) in [5.74, 6) is 3.26. The minimum absolute atomic E-state index is 0.468. The second-order valence-electron chi connectivity index (χ2n) is 7.83. The summed E-state index contributed by atoms with van der Waals surface area (Å²) in [6, 6.07) is 17.7. The predicted octanol–water partition coefficient (Wildman–Crippen LogP) is 5.44. The molecule has 0 radical (unpaired) electrons. The fourth-order valence-corrected chi connectivity index (χ4v) is 3.98. The molecular weight excluding hydrogens is 464 g/mol. The highest BCUT2D eigenvalue weighted by atomic mass is 32.1. The van der Waals surface area contributed by atoms with Gasteiger partial charge in [-0.1, -0.05) is 18.2 Å². The van der Waals surface area contributed by atoms with Crippen LogP contribution in [-0.4, -0.2) is 45.6 Å². The van der Waals surface area contributed by atoms with E-state index in [1.54, 1.807) is 35.5 Å². The molecule has 0 aliphatic rings. The number of aryl methyl sites for hydroxylation is 1. The zero-order valence-electron chi connectivity index (χ0n) is 21.0. The lowest BCUT2D eigenvalue weighted by molar-refractivity contribution is 0.316. The topological polar surface area (TPSA) is 61.4 Å². The number of hydrogen-bond acceptors (Lipinski definition) is 6. The first-order valence-corrected chi connectivity index (χ1v) is 11.5. The van der Waals surface area contributed by atoms with Crippen LogP contribution in [0.25, 0.3) is 0 Å². The first kappa shape index (κ1) is 26.0. The first-order chi connectivity index (χ1) is 16.9. The molecule has 0 aliphatic heterocycles. The second kappa shape index (κ2) is 12.2. The molecule has 8 heteroatoms. The Labute approximate surface area is 212 Å². The van der Waals surface area contributed by atoms with Gasteiger partial charge in [0, 0.05) is 18.7 Å². The zero-order chi connectivity index (χ0) is 25.4. The Morgan fingerprint density at radius 2 is 1.43 bits per heavy atom. The molecule has 0 spiro atoms. The van der Waals surface area contributed by atoms with Crippen molar-refractivity contribution in [3.05, 3.63) is 71.3 Å². The maximum absolute atomic E-state index is 5.87. The second-order valence-corrected chi connectivity index (χ2v) is 8.22. The Kier molecular flexibility index (Phi) is 9.03. The van der Waals surface area contributed by atoms with Gasteiger partial charge in [-0.25, -0.2) is 0 Å². The largest absolute Gasteiger partial charge is 0.497 e. The van der Waals surface area contributed by atoms with Crippen molar-refractivity contribution in [3.8, 4) is 28.7 Å². The van der Waals surface area contributed by atoms with Crippen molar-refractivity contribution in [1.29, 1.82) is 0 Å². The van der Waals surface area contributed by atoms with Gasteiger partial charge in [0.15, 0.2) is 16.6 Å². The lowest BCUT2D eigenvalue weighted by Crippen LogP contribution is -2.34. The van der Waals surface area contributed by atoms with Gasteiger partial charge in [0.2, 0.25) is 5.75 Å². The van der Waals surface area contributed by atoms with E-state index >= 15 is 0 Å². The van der Waals surface area contributed by atoms with Gasteiger partial charge in [-0.2, -0.15) is 0 Å². The van der Waals surface area contributed by atoms with Crippen LogP contribution in [0.15, 0.2) is 54.6 Å². The van der Waals surface area contributed by atoms with Crippen molar-refractivity contribution >= 4 is 23.0 Å². The molecule has 186 valence electrons. The number of methoxy groups -OCH3 is 5. The van der Waals surface area contributed by atoms with E-state index in [4.69, 9.17) is 35.9 Å². The number of ether oxygens (including phenoxy) is 5. The summed E-state index contributed by atoms with van der Waals surface area (Å²) in [5.41, 5.74) is 3.87. The van der Waals surface area contributed by atoms with Gasteiger partial charge in [-0.15, -0.1) is 0 Å². The quantitative estimate of drug-likeness (QED) is 0.373. The van der Waals surface area contributed by atoms with Crippen LogP contribution in [0.2, 0.25) is 0 Å². The molecule has 0 unspecified atom stereocenters. The van der Waals surface area contributed by atoms with Gasteiger partial charge < -0.3 is 33.9 Å². The lowest BCUT2D eigenvalue weighted by Gasteiger charge is -2.28. The molecule has 0 saturated carbocycles. The number of rotatable bonds is 10. The maximum Gasteiger partial charge on any atom is 0.203 e. The molecule has 1 N–H and O–H groups in total. The summed E-state index contributed by atoms with van der Waals surface area (Å²) in [4.78, 5) is 2.06. The third kappa shape index (κ3) is 6.27. The van der Waals surface area contributed by atoms with E-state index in [-0.39, 0.29) is 0 Å². The molecule has 0 fully saturated rings. The Bertz CT molecular complexity index is 1150. The molecule has 3 rings (SSSR count). The Morgan fingerprint density at radius 1 is 0.743 bits per heavy atom. The van der Waals surface area contributed by atoms with E-state index in [1.807, 2.05) is 61.5 Å². The van der Waals surface area contributed by atoms with Crippen LogP contribution < -0.4 is 29.0 Å². The van der Waals surface area contributed by atoms with E-state index in [1.165, 1.54) is 0 Å². The zero-order valence-corrected chi connectivity index (χ0v) is 21.8. The summed E-state index contributed by atoms with van der Waals surface area (Å²) < 4.78 is 27.6. The minimum atomic E-state index is 0.468.